The van der Waals surface area contributed by atoms with E-state index in [-0.39, 0.29) is 4.90 Å². The summed E-state index contributed by atoms with van der Waals surface area (Å²) >= 11 is 0. The van der Waals surface area contributed by atoms with E-state index in [2.05, 4.69) is 31.7 Å². The minimum absolute atomic E-state index is 0.0439. The number of hydrogen-bond donors (Lipinski definition) is 2. The van der Waals surface area contributed by atoms with E-state index in [1.54, 1.807) is 18.3 Å². The molecule has 0 bridgehead atoms. The highest BCUT2D eigenvalue weighted by atomic mass is 32.2. The first-order chi connectivity index (χ1) is 15.4. The van der Waals surface area contributed by atoms with Crippen LogP contribution in [0.15, 0.2) is 53.7 Å². The first-order valence-corrected chi connectivity index (χ1v) is 11.0. The van der Waals surface area contributed by atoms with Crippen LogP contribution in [0, 0.1) is 23.5 Å². The predicted octanol–water partition coefficient (Wildman–Crippen LogP) is 3.37. The molecule has 0 fully saturated rings. The van der Waals surface area contributed by atoms with Crippen molar-refractivity contribution in [3.63, 3.8) is 0 Å². The van der Waals surface area contributed by atoms with Crippen molar-refractivity contribution in [2.45, 2.75) is 11.3 Å². The molecule has 0 aliphatic carbocycles. The van der Waals surface area contributed by atoms with Gasteiger partial charge in [0.1, 0.15) is 11.6 Å². The zero-order valence-corrected chi connectivity index (χ0v) is 17.1. The van der Waals surface area contributed by atoms with Crippen molar-refractivity contribution in [2.24, 2.45) is 0 Å². The zero-order chi connectivity index (χ0) is 22.3. The van der Waals surface area contributed by atoms with E-state index in [0.717, 1.165) is 17.7 Å². The molecule has 3 heterocycles. The lowest BCUT2D eigenvalue weighted by Gasteiger charge is -2.11. The molecular formula is C22H14F2N4O3S. The van der Waals surface area contributed by atoms with Crippen LogP contribution in [0.1, 0.15) is 16.7 Å². The minimum atomic E-state index is -4.11. The largest absolute Gasteiger partial charge is 0.493 e. The van der Waals surface area contributed by atoms with Crippen LogP contribution in [0.3, 0.4) is 0 Å². The molecule has 32 heavy (non-hydrogen) atoms. The number of aromatic amines is 1. The molecule has 0 unspecified atom stereocenters. The van der Waals surface area contributed by atoms with E-state index in [0.29, 0.717) is 35.4 Å². The third kappa shape index (κ3) is 3.63. The summed E-state index contributed by atoms with van der Waals surface area (Å²) in [5, 5.41) is 7.24. The number of nitrogens with zero attached hydrogens (tertiary/aromatic N) is 2. The number of halogens is 2. The number of nitrogens with one attached hydrogen (secondary N) is 2. The summed E-state index contributed by atoms with van der Waals surface area (Å²) in [5.41, 5.74) is 0.768. The third-order valence-electron chi connectivity index (χ3n) is 4.93. The smallest absolute Gasteiger partial charge is 0.262 e. The maximum atomic E-state index is 15.0. The molecular weight excluding hydrogens is 438 g/mol. The summed E-state index contributed by atoms with van der Waals surface area (Å²) in [5.74, 6) is 3.68. The number of hydrogen-bond acceptors (Lipinski definition) is 5. The number of rotatable bonds is 3. The van der Waals surface area contributed by atoms with Gasteiger partial charge in [0, 0.05) is 23.6 Å². The molecule has 0 radical (unpaired) electrons. The molecule has 4 aromatic rings. The molecule has 160 valence electrons. The Labute approximate surface area is 181 Å². The molecule has 2 N–H and O–H groups in total. The van der Waals surface area contributed by atoms with Crippen molar-refractivity contribution in [2.75, 3.05) is 11.3 Å². The number of H-pyrrole nitrogens is 1. The molecule has 2 aromatic carbocycles. The second kappa shape index (κ2) is 7.62. The average Bonchev–Trinajstić information content (AvgIpc) is 3.43. The highest BCUT2D eigenvalue weighted by molar-refractivity contribution is 7.92. The molecule has 1 aliphatic rings. The Morgan fingerprint density at radius 2 is 1.97 bits per heavy atom. The van der Waals surface area contributed by atoms with E-state index in [1.807, 2.05) is 0 Å². The van der Waals surface area contributed by atoms with Gasteiger partial charge in [-0.3, -0.25) is 9.82 Å². The Morgan fingerprint density at radius 1 is 1.09 bits per heavy atom. The lowest BCUT2D eigenvalue weighted by molar-refractivity contribution is 0.356. The summed E-state index contributed by atoms with van der Waals surface area (Å²) in [7, 11) is -4.11. The fourth-order valence-electron chi connectivity index (χ4n) is 3.32. The summed E-state index contributed by atoms with van der Waals surface area (Å²) < 4.78 is 62.3. The molecule has 2 aromatic heterocycles. The quantitative estimate of drug-likeness (QED) is 0.465. The Hall–Kier alpha value is -3.97. The lowest BCUT2D eigenvalue weighted by Crippen LogP contribution is -2.15. The average molecular weight is 452 g/mol. The molecule has 0 saturated heterocycles. The van der Waals surface area contributed by atoms with Gasteiger partial charge in [-0.05, 0) is 42.0 Å². The van der Waals surface area contributed by atoms with E-state index in [9.17, 15) is 17.2 Å². The van der Waals surface area contributed by atoms with Gasteiger partial charge in [-0.2, -0.15) is 5.10 Å². The number of fused-ring (bicyclic) bond motifs is 2. The Morgan fingerprint density at radius 3 is 2.84 bits per heavy atom. The summed E-state index contributed by atoms with van der Waals surface area (Å²) in [4.78, 5) is 4.07. The van der Waals surface area contributed by atoms with Crippen LogP contribution in [0.5, 0.6) is 5.75 Å². The highest BCUT2D eigenvalue weighted by Gasteiger charge is 2.22. The molecule has 0 saturated carbocycles. The third-order valence-corrected chi connectivity index (χ3v) is 6.29. The molecule has 10 heteroatoms. The number of pyridine rings is 1. The highest BCUT2D eigenvalue weighted by Crippen LogP contribution is 2.29. The zero-order valence-electron chi connectivity index (χ0n) is 16.3. The second-order valence-electron chi connectivity index (χ2n) is 7.04. The van der Waals surface area contributed by atoms with Crippen molar-refractivity contribution < 1.29 is 21.9 Å². The molecule has 7 nitrogen and oxygen atoms in total. The molecule has 5 rings (SSSR count). The van der Waals surface area contributed by atoms with E-state index < -0.39 is 32.9 Å². The van der Waals surface area contributed by atoms with Crippen LogP contribution in [0.4, 0.5) is 14.5 Å². The fraction of sp³-hybridized carbons (Fsp3) is 0.0909. The van der Waals surface area contributed by atoms with Crippen molar-refractivity contribution in [1.29, 1.82) is 0 Å². The first-order valence-electron chi connectivity index (χ1n) is 9.48. The van der Waals surface area contributed by atoms with Crippen LogP contribution in [0.2, 0.25) is 0 Å². The maximum Gasteiger partial charge on any atom is 0.262 e. The van der Waals surface area contributed by atoms with Crippen molar-refractivity contribution >= 4 is 26.7 Å². The van der Waals surface area contributed by atoms with Gasteiger partial charge in [0.05, 0.1) is 29.0 Å². The predicted molar refractivity (Wildman–Crippen MR) is 113 cm³/mol. The van der Waals surface area contributed by atoms with Gasteiger partial charge in [0.15, 0.2) is 11.5 Å². The van der Waals surface area contributed by atoms with Gasteiger partial charge in [0.2, 0.25) is 0 Å². The number of anilines is 1. The topological polar surface area (TPSA) is 97.0 Å². The number of ether oxygens (including phenoxy) is 1. The SMILES string of the molecule is O=S(=O)(Nc1ccc(F)c(C#Cc2cnc3[nH]ncc3c2)c1F)c1ccc2c(c1)CCO2. The first kappa shape index (κ1) is 20.0. The normalized spacial score (nSPS) is 12.7. The van der Waals surface area contributed by atoms with Gasteiger partial charge < -0.3 is 4.74 Å². The summed E-state index contributed by atoms with van der Waals surface area (Å²) in [6.07, 6.45) is 3.57. The van der Waals surface area contributed by atoms with Gasteiger partial charge in [0.25, 0.3) is 10.0 Å². The maximum absolute atomic E-state index is 15.0. The van der Waals surface area contributed by atoms with Crippen LogP contribution in [-0.2, 0) is 16.4 Å². The molecule has 0 atom stereocenters. The van der Waals surface area contributed by atoms with E-state index in [4.69, 9.17) is 4.74 Å². The standard InChI is InChI=1S/C22H14F2N4O3S/c23-18-4-5-19(28-32(29,30)16-2-6-20-14(10-16)7-8-31-20)21(24)17(18)3-1-13-9-15-12-26-27-22(15)25-11-13/h2,4-6,9-12,28H,7-8H2,(H,25,26,27). The van der Waals surface area contributed by atoms with Crippen LogP contribution >= 0.6 is 0 Å². The second-order valence-corrected chi connectivity index (χ2v) is 8.72. The number of sulfonamides is 1. The van der Waals surface area contributed by atoms with Gasteiger partial charge in [-0.15, -0.1) is 0 Å². The molecule has 1 aliphatic heterocycles. The number of aromatic nitrogens is 3. The lowest BCUT2D eigenvalue weighted by atomic mass is 10.1. The van der Waals surface area contributed by atoms with Crippen molar-refractivity contribution in [3.05, 3.63) is 77.1 Å². The fourth-order valence-corrected chi connectivity index (χ4v) is 4.43. The van der Waals surface area contributed by atoms with Crippen molar-refractivity contribution in [1.82, 2.24) is 15.2 Å². The van der Waals surface area contributed by atoms with E-state index in [1.165, 1.54) is 18.3 Å². The van der Waals surface area contributed by atoms with E-state index >= 15 is 0 Å². The molecule has 0 spiro atoms. The monoisotopic (exact) mass is 452 g/mol. The van der Waals surface area contributed by atoms with Gasteiger partial charge >= 0.3 is 0 Å². The Balaban J connectivity index is 1.47. The van der Waals surface area contributed by atoms with Crippen molar-refractivity contribution in [3.8, 4) is 17.6 Å². The van der Waals surface area contributed by atoms with Gasteiger partial charge in [-0.1, -0.05) is 11.8 Å². The van der Waals surface area contributed by atoms with Crippen LogP contribution in [-0.4, -0.2) is 30.2 Å². The summed E-state index contributed by atoms with van der Waals surface area (Å²) in [6, 6.07) is 8.04. The Bertz CT molecular complexity index is 1540. The van der Waals surface area contributed by atoms with Crippen LogP contribution in [0.25, 0.3) is 11.0 Å². The van der Waals surface area contributed by atoms with Gasteiger partial charge in [-0.25, -0.2) is 22.2 Å². The molecule has 0 amide bonds. The summed E-state index contributed by atoms with van der Waals surface area (Å²) in [6.45, 7) is 0.476. The number of benzene rings is 2. The Kier molecular flexibility index (Phi) is 4.75. The van der Waals surface area contributed by atoms with Crippen LogP contribution < -0.4 is 9.46 Å². The minimum Gasteiger partial charge on any atom is -0.493 e.